The van der Waals surface area contributed by atoms with Gasteiger partial charge in [0.2, 0.25) is 0 Å². The van der Waals surface area contributed by atoms with Crippen molar-refractivity contribution in [2.24, 2.45) is 0 Å². The number of benzene rings is 1. The molecule has 0 fully saturated rings. The van der Waals surface area contributed by atoms with E-state index in [-0.39, 0.29) is 5.97 Å². The number of esters is 1. The van der Waals surface area contributed by atoms with Gasteiger partial charge in [0.15, 0.2) is 0 Å². The second kappa shape index (κ2) is 6.22. The van der Waals surface area contributed by atoms with Crippen LogP contribution in [0.1, 0.15) is 5.56 Å². The SMILES string of the molecule is COC(=O)/C(C#C[Si](C)(C)C)=C\c1ccccc1. The van der Waals surface area contributed by atoms with Crippen molar-refractivity contribution in [1.29, 1.82) is 0 Å². The van der Waals surface area contributed by atoms with E-state index in [1.54, 1.807) is 6.08 Å². The van der Waals surface area contributed by atoms with Crippen LogP contribution in [0.15, 0.2) is 35.9 Å². The third-order valence-corrected chi connectivity index (χ3v) is 2.96. The fourth-order valence-electron chi connectivity index (χ4n) is 1.23. The molecule has 0 N–H and O–H groups in total. The maximum Gasteiger partial charge on any atom is 0.346 e. The molecule has 18 heavy (non-hydrogen) atoms. The molecule has 3 heteroatoms. The lowest BCUT2D eigenvalue weighted by Crippen LogP contribution is -2.17. The number of rotatable bonds is 2. The lowest BCUT2D eigenvalue weighted by molar-refractivity contribution is -0.135. The molecular formula is C15H18O2Si. The molecule has 2 nitrogen and oxygen atoms in total. The van der Waals surface area contributed by atoms with Crippen LogP contribution < -0.4 is 0 Å². The van der Waals surface area contributed by atoms with Gasteiger partial charge in [-0.1, -0.05) is 55.9 Å². The van der Waals surface area contributed by atoms with Gasteiger partial charge in [-0.05, 0) is 11.6 Å². The van der Waals surface area contributed by atoms with Gasteiger partial charge < -0.3 is 4.74 Å². The van der Waals surface area contributed by atoms with E-state index in [4.69, 9.17) is 4.74 Å². The molecule has 0 saturated carbocycles. The number of hydrogen-bond acceptors (Lipinski definition) is 2. The van der Waals surface area contributed by atoms with Crippen LogP contribution >= 0.6 is 0 Å². The van der Waals surface area contributed by atoms with Crippen LogP contribution in [0.3, 0.4) is 0 Å². The molecule has 0 aliphatic carbocycles. The molecule has 0 bridgehead atoms. The summed E-state index contributed by atoms with van der Waals surface area (Å²) in [7, 11) is -0.133. The van der Waals surface area contributed by atoms with Gasteiger partial charge in [0.25, 0.3) is 0 Å². The number of ether oxygens (including phenoxy) is 1. The van der Waals surface area contributed by atoms with E-state index >= 15 is 0 Å². The van der Waals surface area contributed by atoms with E-state index in [9.17, 15) is 4.79 Å². The van der Waals surface area contributed by atoms with Crippen LogP contribution in [0.25, 0.3) is 6.08 Å². The second-order valence-electron chi connectivity index (χ2n) is 4.96. The lowest BCUT2D eigenvalue weighted by atomic mass is 10.1. The molecule has 0 unspecified atom stereocenters. The highest BCUT2D eigenvalue weighted by atomic mass is 28.3. The smallest absolute Gasteiger partial charge is 0.346 e. The van der Waals surface area contributed by atoms with Crippen LogP contribution in [0.4, 0.5) is 0 Å². The molecule has 0 atom stereocenters. The van der Waals surface area contributed by atoms with Gasteiger partial charge in [-0.15, -0.1) is 5.54 Å². The largest absolute Gasteiger partial charge is 0.465 e. The summed E-state index contributed by atoms with van der Waals surface area (Å²) in [5, 5.41) is 0. The first-order valence-corrected chi connectivity index (χ1v) is 9.30. The molecule has 94 valence electrons. The molecule has 0 aliphatic heterocycles. The minimum absolute atomic E-state index is 0.385. The highest BCUT2D eigenvalue weighted by molar-refractivity contribution is 6.83. The highest BCUT2D eigenvalue weighted by Crippen LogP contribution is 2.08. The summed E-state index contributed by atoms with van der Waals surface area (Å²) < 4.78 is 4.76. The van der Waals surface area contributed by atoms with Gasteiger partial charge in [-0.25, -0.2) is 4.79 Å². The van der Waals surface area contributed by atoms with Crippen LogP contribution in [-0.2, 0) is 9.53 Å². The van der Waals surface area contributed by atoms with E-state index < -0.39 is 8.07 Å². The first-order valence-electron chi connectivity index (χ1n) is 5.80. The summed E-state index contributed by atoms with van der Waals surface area (Å²) in [5.41, 5.74) is 4.53. The quantitative estimate of drug-likeness (QED) is 0.352. The first kappa shape index (κ1) is 14.3. The number of methoxy groups -OCH3 is 1. The van der Waals surface area contributed by atoms with Gasteiger partial charge in [-0.2, -0.15) is 0 Å². The Kier molecular flexibility index (Phi) is 4.93. The Morgan fingerprint density at radius 1 is 1.22 bits per heavy atom. The van der Waals surface area contributed by atoms with Crippen molar-refractivity contribution in [1.82, 2.24) is 0 Å². The Morgan fingerprint density at radius 2 is 1.83 bits per heavy atom. The van der Waals surface area contributed by atoms with Gasteiger partial charge in [0.1, 0.15) is 13.6 Å². The van der Waals surface area contributed by atoms with E-state index in [0.29, 0.717) is 5.57 Å². The molecular weight excluding hydrogens is 240 g/mol. The molecule has 0 aliphatic rings. The maximum absolute atomic E-state index is 11.7. The van der Waals surface area contributed by atoms with Crippen LogP contribution in [0.2, 0.25) is 19.6 Å². The Hall–Kier alpha value is -1.79. The summed E-state index contributed by atoms with van der Waals surface area (Å²) >= 11 is 0. The zero-order valence-corrected chi connectivity index (χ0v) is 12.3. The minimum atomic E-state index is -1.51. The molecule has 1 rings (SSSR count). The molecule has 0 amide bonds. The zero-order valence-electron chi connectivity index (χ0n) is 11.3. The normalized spacial score (nSPS) is 11.4. The maximum atomic E-state index is 11.7. The van der Waals surface area contributed by atoms with Crippen LogP contribution in [0.5, 0.6) is 0 Å². The molecule has 1 aromatic rings. The van der Waals surface area contributed by atoms with Gasteiger partial charge in [0.05, 0.1) is 7.11 Å². The summed E-state index contributed by atoms with van der Waals surface area (Å²) in [6, 6.07) is 9.64. The lowest BCUT2D eigenvalue weighted by Gasteiger charge is -2.04. The van der Waals surface area contributed by atoms with Crippen molar-refractivity contribution in [2.45, 2.75) is 19.6 Å². The summed E-state index contributed by atoms with van der Waals surface area (Å²) in [5.74, 6) is 2.57. The summed E-state index contributed by atoms with van der Waals surface area (Å²) in [6.45, 7) is 6.41. The predicted octanol–water partition coefficient (Wildman–Crippen LogP) is 3.12. The second-order valence-corrected chi connectivity index (χ2v) is 9.71. The third kappa shape index (κ3) is 5.02. The topological polar surface area (TPSA) is 26.3 Å². The van der Waals surface area contributed by atoms with Crippen molar-refractivity contribution < 1.29 is 9.53 Å². The predicted molar refractivity (Wildman–Crippen MR) is 77.6 cm³/mol. The van der Waals surface area contributed by atoms with Crippen molar-refractivity contribution in [3.8, 4) is 11.5 Å². The van der Waals surface area contributed by atoms with Gasteiger partial charge in [-0.3, -0.25) is 0 Å². The number of carbonyl (C=O) groups is 1. The Labute approximate surface area is 110 Å². The number of carbonyl (C=O) groups excluding carboxylic acids is 1. The van der Waals surface area contributed by atoms with Gasteiger partial charge >= 0.3 is 5.97 Å². The fourth-order valence-corrected chi connectivity index (χ4v) is 1.74. The van der Waals surface area contributed by atoms with Gasteiger partial charge in [0, 0.05) is 0 Å². The average Bonchev–Trinajstić information content (AvgIpc) is 2.33. The highest BCUT2D eigenvalue weighted by Gasteiger charge is 2.11. The minimum Gasteiger partial charge on any atom is -0.465 e. The monoisotopic (exact) mass is 258 g/mol. The van der Waals surface area contributed by atoms with Crippen molar-refractivity contribution in [2.75, 3.05) is 7.11 Å². The Morgan fingerprint density at radius 3 is 2.33 bits per heavy atom. The van der Waals surface area contributed by atoms with Crippen LogP contribution in [0, 0.1) is 11.5 Å². The van der Waals surface area contributed by atoms with Crippen molar-refractivity contribution >= 4 is 20.1 Å². The Bertz CT molecular complexity index is 499. The standard InChI is InChI=1S/C15H18O2Si/c1-17-15(16)14(10-11-18(2,3)4)12-13-8-6-5-7-9-13/h5-9,12H,1-4H3/b14-12-. The molecule has 1 aromatic carbocycles. The van der Waals surface area contributed by atoms with E-state index in [2.05, 4.69) is 31.1 Å². The zero-order chi connectivity index (χ0) is 13.6. The molecule has 0 saturated heterocycles. The van der Waals surface area contributed by atoms with E-state index in [1.807, 2.05) is 30.3 Å². The van der Waals surface area contributed by atoms with Crippen molar-refractivity contribution in [3.63, 3.8) is 0 Å². The summed E-state index contributed by atoms with van der Waals surface area (Å²) in [4.78, 5) is 11.7. The third-order valence-electron chi connectivity index (χ3n) is 2.09. The summed E-state index contributed by atoms with van der Waals surface area (Å²) in [6.07, 6.45) is 1.76. The van der Waals surface area contributed by atoms with Crippen LogP contribution in [-0.4, -0.2) is 21.2 Å². The fraction of sp³-hybridized carbons (Fsp3) is 0.267. The average molecular weight is 258 g/mol. The molecule has 0 heterocycles. The number of hydrogen-bond donors (Lipinski definition) is 0. The first-order chi connectivity index (χ1) is 8.42. The molecule has 0 radical (unpaired) electrons. The molecule has 0 aromatic heterocycles. The Balaban J connectivity index is 3.10. The molecule has 0 spiro atoms. The van der Waals surface area contributed by atoms with Crippen molar-refractivity contribution in [3.05, 3.63) is 41.5 Å². The van der Waals surface area contributed by atoms with E-state index in [1.165, 1.54) is 7.11 Å². The van der Waals surface area contributed by atoms with E-state index in [0.717, 1.165) is 5.56 Å².